The molecular formula is C10H10F4N2O3. The Hall–Kier alpha value is -1.90. The first-order valence-electron chi connectivity index (χ1n) is 5.10. The van der Waals surface area contributed by atoms with E-state index in [0.29, 0.717) is 0 Å². The predicted molar refractivity (Wildman–Crippen MR) is 54.7 cm³/mol. The molecule has 2 N–H and O–H groups in total. The predicted octanol–water partition coefficient (Wildman–Crippen LogP) is 1.75. The van der Waals surface area contributed by atoms with Gasteiger partial charge < -0.3 is 15.2 Å². The Labute approximate surface area is 105 Å². The molecule has 106 valence electrons. The van der Waals surface area contributed by atoms with Crippen LogP contribution in [0.25, 0.3) is 0 Å². The van der Waals surface area contributed by atoms with E-state index >= 15 is 0 Å². The van der Waals surface area contributed by atoms with Crippen LogP contribution in [0.2, 0.25) is 0 Å². The van der Waals surface area contributed by atoms with E-state index in [1.165, 1.54) is 6.92 Å². The van der Waals surface area contributed by atoms with Gasteiger partial charge in [0.05, 0.1) is 6.61 Å². The first-order chi connectivity index (χ1) is 8.78. The molecule has 1 rings (SSSR count). The van der Waals surface area contributed by atoms with Gasteiger partial charge in [-0.2, -0.15) is 9.37 Å². The summed E-state index contributed by atoms with van der Waals surface area (Å²) in [5.41, 5.74) is 4.31. The standard InChI is InChI=1S/C10H10F4N2O3/c1-2-18-9(17)6-3-5(4-15)7(11)16-8(6)19-10(12,13)14/h3H,2,4,15H2,1H3. The summed E-state index contributed by atoms with van der Waals surface area (Å²) in [4.78, 5) is 14.4. The molecule has 0 aliphatic carbocycles. The van der Waals surface area contributed by atoms with Gasteiger partial charge in [-0.15, -0.1) is 13.2 Å². The van der Waals surface area contributed by atoms with Crippen molar-refractivity contribution in [1.29, 1.82) is 0 Å². The van der Waals surface area contributed by atoms with E-state index in [2.05, 4.69) is 14.5 Å². The lowest BCUT2D eigenvalue weighted by atomic mass is 10.2. The summed E-state index contributed by atoms with van der Waals surface area (Å²) in [5, 5.41) is 0. The Kier molecular flexibility index (Phi) is 4.65. The Morgan fingerprint density at radius 1 is 1.47 bits per heavy atom. The van der Waals surface area contributed by atoms with Crippen molar-refractivity contribution >= 4 is 5.97 Å². The van der Waals surface area contributed by atoms with E-state index in [1.54, 1.807) is 0 Å². The molecule has 1 aromatic rings. The van der Waals surface area contributed by atoms with Crippen LogP contribution in [0.3, 0.4) is 0 Å². The third-order valence-electron chi connectivity index (χ3n) is 1.94. The Morgan fingerprint density at radius 2 is 2.11 bits per heavy atom. The fourth-order valence-electron chi connectivity index (χ4n) is 1.20. The average molecular weight is 282 g/mol. The molecule has 19 heavy (non-hydrogen) atoms. The minimum absolute atomic E-state index is 0.0698. The van der Waals surface area contributed by atoms with Crippen LogP contribution in [0.15, 0.2) is 6.07 Å². The van der Waals surface area contributed by atoms with E-state index in [-0.39, 0.29) is 18.7 Å². The average Bonchev–Trinajstić information content (AvgIpc) is 2.27. The molecule has 0 bridgehead atoms. The number of nitrogens with zero attached hydrogens (tertiary/aromatic N) is 1. The van der Waals surface area contributed by atoms with Crippen LogP contribution in [0.4, 0.5) is 17.6 Å². The van der Waals surface area contributed by atoms with Gasteiger partial charge in [0, 0.05) is 12.1 Å². The van der Waals surface area contributed by atoms with Crippen LogP contribution in [0.1, 0.15) is 22.8 Å². The number of nitrogens with two attached hydrogens (primary N) is 1. The Bertz CT molecular complexity index is 477. The van der Waals surface area contributed by atoms with E-state index in [9.17, 15) is 22.4 Å². The van der Waals surface area contributed by atoms with Crippen molar-refractivity contribution in [2.75, 3.05) is 6.61 Å². The monoisotopic (exact) mass is 282 g/mol. The van der Waals surface area contributed by atoms with Gasteiger partial charge in [0.1, 0.15) is 5.56 Å². The fourth-order valence-corrected chi connectivity index (χ4v) is 1.20. The lowest BCUT2D eigenvalue weighted by Crippen LogP contribution is -2.21. The SMILES string of the molecule is CCOC(=O)c1cc(CN)c(F)nc1OC(F)(F)F. The normalized spacial score (nSPS) is 11.3. The topological polar surface area (TPSA) is 74.4 Å². The number of alkyl halides is 3. The highest BCUT2D eigenvalue weighted by Gasteiger charge is 2.34. The Balaban J connectivity index is 3.26. The number of esters is 1. The number of carbonyl (C=O) groups excluding carboxylic acids is 1. The summed E-state index contributed by atoms with van der Waals surface area (Å²) in [6.07, 6.45) is -5.11. The molecule has 9 heteroatoms. The van der Waals surface area contributed by atoms with Gasteiger partial charge in [-0.25, -0.2) is 4.79 Å². The first kappa shape index (κ1) is 15.2. The molecule has 0 amide bonds. The van der Waals surface area contributed by atoms with Crippen LogP contribution >= 0.6 is 0 Å². The summed E-state index contributed by atoms with van der Waals surface area (Å²) in [7, 11) is 0. The van der Waals surface area contributed by atoms with Gasteiger partial charge in [-0.05, 0) is 13.0 Å². The van der Waals surface area contributed by atoms with Crippen molar-refractivity contribution in [2.45, 2.75) is 19.8 Å². The molecule has 1 heterocycles. The fraction of sp³-hybridized carbons (Fsp3) is 0.400. The molecule has 0 radical (unpaired) electrons. The molecule has 0 aliphatic heterocycles. The van der Waals surface area contributed by atoms with Gasteiger partial charge in [-0.1, -0.05) is 0 Å². The molecule has 0 saturated heterocycles. The van der Waals surface area contributed by atoms with Crippen molar-refractivity contribution < 1.29 is 31.8 Å². The number of hydrogen-bond donors (Lipinski definition) is 1. The zero-order valence-corrected chi connectivity index (χ0v) is 9.75. The number of aromatic nitrogens is 1. The van der Waals surface area contributed by atoms with Gasteiger partial charge >= 0.3 is 12.3 Å². The number of ether oxygens (including phenoxy) is 2. The Morgan fingerprint density at radius 3 is 2.58 bits per heavy atom. The van der Waals surface area contributed by atoms with Crippen LogP contribution in [0.5, 0.6) is 5.88 Å². The van der Waals surface area contributed by atoms with Crippen molar-refractivity contribution in [2.24, 2.45) is 5.73 Å². The molecular weight excluding hydrogens is 272 g/mol. The summed E-state index contributed by atoms with van der Waals surface area (Å²) in [6.45, 7) is 1.06. The molecule has 0 saturated carbocycles. The third kappa shape index (κ3) is 4.05. The zero-order chi connectivity index (χ0) is 14.6. The van der Waals surface area contributed by atoms with Crippen molar-refractivity contribution in [3.8, 4) is 5.88 Å². The lowest BCUT2D eigenvalue weighted by molar-refractivity contribution is -0.276. The molecule has 0 aliphatic rings. The van der Waals surface area contributed by atoms with E-state index < -0.39 is 29.7 Å². The van der Waals surface area contributed by atoms with Gasteiger partial charge in [0.15, 0.2) is 0 Å². The van der Waals surface area contributed by atoms with Crippen molar-refractivity contribution in [1.82, 2.24) is 4.98 Å². The highest BCUT2D eigenvalue weighted by atomic mass is 19.4. The number of carbonyl (C=O) groups is 1. The summed E-state index contributed by atoms with van der Waals surface area (Å²) >= 11 is 0. The third-order valence-corrected chi connectivity index (χ3v) is 1.94. The quantitative estimate of drug-likeness (QED) is 0.517. The molecule has 5 nitrogen and oxygen atoms in total. The summed E-state index contributed by atoms with van der Waals surface area (Å²) in [5.74, 6) is -3.56. The molecule has 0 atom stereocenters. The smallest absolute Gasteiger partial charge is 0.462 e. The number of halogens is 4. The minimum Gasteiger partial charge on any atom is -0.462 e. The summed E-state index contributed by atoms with van der Waals surface area (Å²) < 4.78 is 57.7. The van der Waals surface area contributed by atoms with Gasteiger partial charge in [0.2, 0.25) is 11.8 Å². The zero-order valence-electron chi connectivity index (χ0n) is 9.75. The maximum absolute atomic E-state index is 13.3. The van der Waals surface area contributed by atoms with Gasteiger partial charge in [-0.3, -0.25) is 0 Å². The summed E-state index contributed by atoms with van der Waals surface area (Å²) in [6, 6.07) is 0.821. The van der Waals surface area contributed by atoms with Gasteiger partial charge in [0.25, 0.3) is 0 Å². The van der Waals surface area contributed by atoms with E-state index in [1.807, 2.05) is 0 Å². The first-order valence-corrected chi connectivity index (χ1v) is 5.10. The maximum atomic E-state index is 13.3. The van der Waals surface area contributed by atoms with E-state index in [4.69, 9.17) is 5.73 Å². The number of hydrogen-bond acceptors (Lipinski definition) is 5. The van der Waals surface area contributed by atoms with Crippen molar-refractivity contribution in [3.05, 3.63) is 23.1 Å². The van der Waals surface area contributed by atoms with Crippen LogP contribution in [-0.2, 0) is 11.3 Å². The highest BCUT2D eigenvalue weighted by Crippen LogP contribution is 2.26. The maximum Gasteiger partial charge on any atom is 0.574 e. The molecule has 1 aromatic heterocycles. The van der Waals surface area contributed by atoms with Crippen LogP contribution < -0.4 is 10.5 Å². The number of rotatable bonds is 4. The molecule has 0 aromatic carbocycles. The molecule has 0 spiro atoms. The second-order valence-corrected chi connectivity index (χ2v) is 3.26. The number of pyridine rings is 1. The van der Waals surface area contributed by atoms with Crippen LogP contribution in [-0.4, -0.2) is 23.9 Å². The molecule has 0 unspecified atom stereocenters. The van der Waals surface area contributed by atoms with E-state index in [0.717, 1.165) is 6.07 Å². The lowest BCUT2D eigenvalue weighted by Gasteiger charge is -2.12. The van der Waals surface area contributed by atoms with Crippen molar-refractivity contribution in [3.63, 3.8) is 0 Å². The molecule has 0 fully saturated rings. The minimum atomic E-state index is -5.11. The van der Waals surface area contributed by atoms with Crippen LogP contribution in [0, 0.1) is 5.95 Å². The second kappa shape index (κ2) is 5.83. The second-order valence-electron chi connectivity index (χ2n) is 3.26. The largest absolute Gasteiger partial charge is 0.574 e. The highest BCUT2D eigenvalue weighted by molar-refractivity contribution is 5.92.